The van der Waals surface area contributed by atoms with Crippen molar-refractivity contribution in [3.63, 3.8) is 0 Å². The third kappa shape index (κ3) is 2.33. The van der Waals surface area contributed by atoms with Crippen LogP contribution in [0.5, 0.6) is 0 Å². The number of rotatable bonds is 3. The Balaban J connectivity index is 2.01. The lowest BCUT2D eigenvalue weighted by Crippen LogP contribution is -2.21. The van der Waals surface area contributed by atoms with Gasteiger partial charge in [-0.05, 0) is 18.6 Å². The topological polar surface area (TPSA) is 60.4 Å². The summed E-state index contributed by atoms with van der Waals surface area (Å²) < 4.78 is 4.90. The summed E-state index contributed by atoms with van der Waals surface area (Å²) in [5.74, 6) is -0.693. The standard InChI is InChI=1S/C18H14O4/c1-2-22-16(19)10-11-7-8-14-15(9-11)18(21)13-6-4-3-5-12(13)17(14)20/h3-9H,2,10H2,1H3. The monoisotopic (exact) mass is 294 g/mol. The van der Waals surface area contributed by atoms with E-state index in [1.807, 2.05) is 0 Å². The highest BCUT2D eigenvalue weighted by Gasteiger charge is 2.29. The Kier molecular flexibility index (Phi) is 3.59. The minimum atomic E-state index is -0.350. The number of benzene rings is 2. The second kappa shape index (κ2) is 5.56. The molecule has 0 saturated carbocycles. The molecular weight excluding hydrogens is 280 g/mol. The maximum absolute atomic E-state index is 12.5. The van der Waals surface area contributed by atoms with Gasteiger partial charge in [-0.2, -0.15) is 0 Å². The van der Waals surface area contributed by atoms with Gasteiger partial charge in [0.05, 0.1) is 13.0 Å². The van der Waals surface area contributed by atoms with E-state index in [2.05, 4.69) is 0 Å². The molecule has 3 rings (SSSR count). The van der Waals surface area contributed by atoms with Crippen LogP contribution in [-0.4, -0.2) is 24.1 Å². The molecule has 4 nitrogen and oxygen atoms in total. The Morgan fingerprint density at radius 1 is 0.909 bits per heavy atom. The summed E-state index contributed by atoms with van der Waals surface area (Å²) in [6, 6.07) is 11.7. The molecule has 0 radical (unpaired) electrons. The summed E-state index contributed by atoms with van der Waals surface area (Å²) in [5.41, 5.74) is 2.24. The highest BCUT2D eigenvalue weighted by atomic mass is 16.5. The predicted molar refractivity (Wildman–Crippen MR) is 80.1 cm³/mol. The van der Waals surface area contributed by atoms with E-state index < -0.39 is 0 Å². The molecule has 0 fully saturated rings. The molecule has 110 valence electrons. The van der Waals surface area contributed by atoms with Crippen molar-refractivity contribution in [2.45, 2.75) is 13.3 Å². The van der Waals surface area contributed by atoms with Gasteiger partial charge in [-0.15, -0.1) is 0 Å². The van der Waals surface area contributed by atoms with Crippen molar-refractivity contribution in [1.82, 2.24) is 0 Å². The van der Waals surface area contributed by atoms with Gasteiger partial charge in [0.1, 0.15) is 0 Å². The van der Waals surface area contributed by atoms with Gasteiger partial charge in [0.25, 0.3) is 0 Å². The summed E-state index contributed by atoms with van der Waals surface area (Å²) in [6.45, 7) is 2.05. The van der Waals surface area contributed by atoms with Gasteiger partial charge in [0, 0.05) is 22.3 Å². The normalized spacial score (nSPS) is 12.6. The van der Waals surface area contributed by atoms with Crippen LogP contribution in [0.15, 0.2) is 42.5 Å². The molecule has 2 aromatic rings. The highest BCUT2D eigenvalue weighted by Crippen LogP contribution is 2.27. The van der Waals surface area contributed by atoms with E-state index >= 15 is 0 Å². The van der Waals surface area contributed by atoms with Crippen molar-refractivity contribution in [3.05, 3.63) is 70.3 Å². The molecule has 0 aromatic heterocycles. The molecule has 1 aliphatic carbocycles. The fourth-order valence-electron chi connectivity index (χ4n) is 2.64. The lowest BCUT2D eigenvalue weighted by molar-refractivity contribution is -0.142. The minimum absolute atomic E-state index is 0.0875. The molecule has 1 aliphatic rings. The Bertz CT molecular complexity index is 789. The molecule has 0 unspecified atom stereocenters. The van der Waals surface area contributed by atoms with Gasteiger partial charge >= 0.3 is 5.97 Å². The molecular formula is C18H14O4. The summed E-state index contributed by atoms with van der Waals surface area (Å²) >= 11 is 0. The maximum atomic E-state index is 12.5. The van der Waals surface area contributed by atoms with E-state index in [4.69, 9.17) is 4.74 Å². The molecule has 0 amide bonds. The maximum Gasteiger partial charge on any atom is 0.310 e. The van der Waals surface area contributed by atoms with Crippen molar-refractivity contribution in [3.8, 4) is 0 Å². The van der Waals surface area contributed by atoms with Crippen LogP contribution in [0.3, 0.4) is 0 Å². The molecule has 0 saturated heterocycles. The second-order valence-electron chi connectivity index (χ2n) is 5.07. The molecule has 4 heteroatoms. The fourth-order valence-corrected chi connectivity index (χ4v) is 2.64. The first-order valence-corrected chi connectivity index (χ1v) is 7.08. The van der Waals surface area contributed by atoms with Crippen LogP contribution in [0, 0.1) is 0 Å². The number of carbonyl (C=O) groups is 3. The number of ketones is 2. The Hall–Kier alpha value is -2.75. The molecule has 2 aromatic carbocycles. The lowest BCUT2D eigenvalue weighted by Gasteiger charge is -2.17. The van der Waals surface area contributed by atoms with Gasteiger partial charge in [0.15, 0.2) is 11.6 Å². The summed E-state index contributed by atoms with van der Waals surface area (Å²) in [4.78, 5) is 36.5. The Morgan fingerprint density at radius 2 is 1.50 bits per heavy atom. The third-order valence-electron chi connectivity index (χ3n) is 3.64. The van der Waals surface area contributed by atoms with Crippen LogP contribution in [0.1, 0.15) is 44.3 Å². The van der Waals surface area contributed by atoms with Crippen LogP contribution in [-0.2, 0) is 16.0 Å². The van der Waals surface area contributed by atoms with E-state index in [9.17, 15) is 14.4 Å². The predicted octanol–water partition coefficient (Wildman–Crippen LogP) is 2.57. The van der Waals surface area contributed by atoms with Crippen LogP contribution in [0.2, 0.25) is 0 Å². The molecule has 0 atom stereocenters. The van der Waals surface area contributed by atoms with Gasteiger partial charge in [-0.25, -0.2) is 0 Å². The van der Waals surface area contributed by atoms with E-state index in [1.165, 1.54) is 0 Å². The van der Waals surface area contributed by atoms with E-state index in [0.29, 0.717) is 34.4 Å². The third-order valence-corrected chi connectivity index (χ3v) is 3.64. The first-order chi connectivity index (χ1) is 10.6. The molecule has 0 heterocycles. The SMILES string of the molecule is CCOC(=O)Cc1ccc2c(c1)C(=O)c1ccccc1C2=O. The number of hydrogen-bond donors (Lipinski definition) is 0. The van der Waals surface area contributed by atoms with Crippen LogP contribution in [0.25, 0.3) is 0 Å². The Labute approximate surface area is 127 Å². The number of esters is 1. The first-order valence-electron chi connectivity index (χ1n) is 7.08. The largest absolute Gasteiger partial charge is 0.466 e. The van der Waals surface area contributed by atoms with Crippen LogP contribution in [0.4, 0.5) is 0 Å². The number of carbonyl (C=O) groups excluding carboxylic acids is 3. The van der Waals surface area contributed by atoms with Crippen molar-refractivity contribution < 1.29 is 19.1 Å². The molecule has 0 spiro atoms. The van der Waals surface area contributed by atoms with E-state index in [0.717, 1.165) is 0 Å². The zero-order valence-electron chi connectivity index (χ0n) is 12.1. The van der Waals surface area contributed by atoms with E-state index in [-0.39, 0.29) is 24.0 Å². The summed E-state index contributed by atoms with van der Waals surface area (Å²) in [5, 5.41) is 0. The van der Waals surface area contributed by atoms with Gasteiger partial charge < -0.3 is 4.74 Å². The highest BCUT2D eigenvalue weighted by molar-refractivity contribution is 6.28. The summed E-state index contributed by atoms with van der Waals surface area (Å²) in [7, 11) is 0. The first kappa shape index (κ1) is 14.2. The van der Waals surface area contributed by atoms with Crippen molar-refractivity contribution in [2.24, 2.45) is 0 Å². The van der Waals surface area contributed by atoms with Crippen LogP contribution < -0.4 is 0 Å². The van der Waals surface area contributed by atoms with Crippen molar-refractivity contribution in [2.75, 3.05) is 6.61 Å². The summed E-state index contributed by atoms with van der Waals surface area (Å²) in [6.07, 6.45) is 0.0875. The molecule has 22 heavy (non-hydrogen) atoms. The number of ether oxygens (including phenoxy) is 1. The van der Waals surface area contributed by atoms with Crippen LogP contribution >= 0.6 is 0 Å². The van der Waals surface area contributed by atoms with Gasteiger partial charge in [0.2, 0.25) is 0 Å². The number of hydrogen-bond acceptors (Lipinski definition) is 4. The second-order valence-corrected chi connectivity index (χ2v) is 5.07. The lowest BCUT2D eigenvalue weighted by atomic mass is 9.83. The zero-order chi connectivity index (χ0) is 15.7. The fraction of sp³-hybridized carbons (Fsp3) is 0.167. The minimum Gasteiger partial charge on any atom is -0.466 e. The Morgan fingerprint density at radius 3 is 2.14 bits per heavy atom. The van der Waals surface area contributed by atoms with E-state index in [1.54, 1.807) is 49.4 Å². The quantitative estimate of drug-likeness (QED) is 0.697. The molecule has 0 bridgehead atoms. The smallest absolute Gasteiger partial charge is 0.310 e. The van der Waals surface area contributed by atoms with Crippen molar-refractivity contribution >= 4 is 17.5 Å². The molecule has 0 N–H and O–H groups in total. The zero-order valence-corrected chi connectivity index (χ0v) is 12.1. The number of fused-ring (bicyclic) bond motifs is 2. The van der Waals surface area contributed by atoms with Crippen molar-refractivity contribution in [1.29, 1.82) is 0 Å². The molecule has 0 aliphatic heterocycles. The van der Waals surface area contributed by atoms with Gasteiger partial charge in [-0.3, -0.25) is 14.4 Å². The average molecular weight is 294 g/mol. The van der Waals surface area contributed by atoms with Gasteiger partial charge in [-0.1, -0.05) is 36.4 Å². The average Bonchev–Trinajstić information content (AvgIpc) is 2.53.